The van der Waals surface area contributed by atoms with Gasteiger partial charge < -0.3 is 5.11 Å². The van der Waals surface area contributed by atoms with Gasteiger partial charge in [0.15, 0.2) is 0 Å². The number of thioether (sulfide) groups is 1. The standard InChI is InChI=1S/C9H16OS/c1-5-3-7-6(5)4-8(11-2)9(7)10/h5-10H,3-4H2,1-2H3/t5-,6-,7+,8-,9-/m1/s1. The second-order valence-electron chi connectivity index (χ2n) is 4.04. The first kappa shape index (κ1) is 7.93. The van der Waals surface area contributed by atoms with Crippen molar-refractivity contribution in [3.63, 3.8) is 0 Å². The summed E-state index contributed by atoms with van der Waals surface area (Å²) in [6, 6.07) is 0. The van der Waals surface area contributed by atoms with Gasteiger partial charge in [-0.2, -0.15) is 11.8 Å². The van der Waals surface area contributed by atoms with Crippen molar-refractivity contribution < 1.29 is 5.11 Å². The van der Waals surface area contributed by atoms with Gasteiger partial charge in [-0.1, -0.05) is 6.92 Å². The molecule has 0 bridgehead atoms. The molecule has 0 amide bonds. The molecule has 2 saturated carbocycles. The van der Waals surface area contributed by atoms with E-state index in [-0.39, 0.29) is 6.10 Å². The van der Waals surface area contributed by atoms with E-state index in [1.54, 1.807) is 0 Å². The van der Waals surface area contributed by atoms with Gasteiger partial charge >= 0.3 is 0 Å². The minimum atomic E-state index is 0.00574. The average molecular weight is 172 g/mol. The summed E-state index contributed by atoms with van der Waals surface area (Å²) in [6.07, 6.45) is 4.64. The predicted octanol–water partition coefficient (Wildman–Crippen LogP) is 1.75. The molecule has 2 aliphatic rings. The monoisotopic (exact) mass is 172 g/mol. The van der Waals surface area contributed by atoms with E-state index < -0.39 is 0 Å². The zero-order valence-corrected chi connectivity index (χ0v) is 7.97. The van der Waals surface area contributed by atoms with Gasteiger partial charge in [0, 0.05) is 5.25 Å². The molecule has 2 rings (SSSR count). The van der Waals surface area contributed by atoms with Crippen molar-refractivity contribution in [3.8, 4) is 0 Å². The first-order valence-electron chi connectivity index (χ1n) is 4.45. The van der Waals surface area contributed by atoms with E-state index in [1.165, 1.54) is 12.8 Å². The summed E-state index contributed by atoms with van der Waals surface area (Å²) in [5.74, 6) is 2.39. The highest BCUT2D eigenvalue weighted by Gasteiger charge is 2.50. The summed E-state index contributed by atoms with van der Waals surface area (Å²) in [5.41, 5.74) is 0. The Kier molecular flexibility index (Phi) is 1.92. The van der Waals surface area contributed by atoms with Gasteiger partial charge in [-0.25, -0.2) is 0 Å². The largest absolute Gasteiger partial charge is 0.392 e. The van der Waals surface area contributed by atoms with Crippen LogP contribution in [0.15, 0.2) is 0 Å². The lowest BCUT2D eigenvalue weighted by Gasteiger charge is -2.39. The lowest BCUT2D eigenvalue weighted by Crippen LogP contribution is -2.36. The van der Waals surface area contributed by atoms with Crippen LogP contribution in [0.5, 0.6) is 0 Å². The molecule has 0 spiro atoms. The zero-order chi connectivity index (χ0) is 8.01. The van der Waals surface area contributed by atoms with E-state index in [2.05, 4.69) is 13.2 Å². The zero-order valence-electron chi connectivity index (χ0n) is 7.16. The fourth-order valence-corrected chi connectivity index (χ4v) is 3.62. The lowest BCUT2D eigenvalue weighted by molar-refractivity contribution is 0.0267. The third-order valence-electron chi connectivity index (χ3n) is 3.55. The normalized spacial score (nSPS) is 55.4. The van der Waals surface area contributed by atoms with Crippen LogP contribution in [0.3, 0.4) is 0 Å². The number of fused-ring (bicyclic) bond motifs is 1. The van der Waals surface area contributed by atoms with E-state index >= 15 is 0 Å². The molecule has 0 aromatic heterocycles. The van der Waals surface area contributed by atoms with Crippen molar-refractivity contribution in [2.24, 2.45) is 17.8 Å². The molecule has 2 aliphatic carbocycles. The van der Waals surface area contributed by atoms with Crippen LogP contribution < -0.4 is 0 Å². The van der Waals surface area contributed by atoms with Gasteiger partial charge in [0.2, 0.25) is 0 Å². The van der Waals surface area contributed by atoms with Crippen LogP contribution in [0, 0.1) is 17.8 Å². The topological polar surface area (TPSA) is 20.2 Å². The van der Waals surface area contributed by atoms with Crippen LogP contribution in [0.2, 0.25) is 0 Å². The van der Waals surface area contributed by atoms with Gasteiger partial charge in [-0.15, -0.1) is 0 Å². The number of aliphatic hydroxyl groups is 1. The number of hydrogen-bond acceptors (Lipinski definition) is 2. The maximum Gasteiger partial charge on any atom is 0.0689 e. The summed E-state index contributed by atoms with van der Waals surface area (Å²) in [7, 11) is 0. The van der Waals surface area contributed by atoms with E-state index in [0.717, 1.165) is 11.8 Å². The molecule has 2 heteroatoms. The smallest absolute Gasteiger partial charge is 0.0689 e. The molecular weight excluding hydrogens is 156 g/mol. The summed E-state index contributed by atoms with van der Waals surface area (Å²) < 4.78 is 0. The molecule has 0 radical (unpaired) electrons. The molecule has 0 aromatic carbocycles. The first-order valence-corrected chi connectivity index (χ1v) is 5.73. The Morgan fingerprint density at radius 3 is 2.45 bits per heavy atom. The van der Waals surface area contributed by atoms with Crippen molar-refractivity contribution in [1.82, 2.24) is 0 Å². The highest BCUT2D eigenvalue weighted by Crippen LogP contribution is 2.53. The van der Waals surface area contributed by atoms with Gasteiger partial charge in [-0.05, 0) is 36.9 Å². The molecule has 11 heavy (non-hydrogen) atoms. The van der Waals surface area contributed by atoms with Crippen molar-refractivity contribution in [2.75, 3.05) is 6.26 Å². The van der Waals surface area contributed by atoms with Gasteiger partial charge in [0.1, 0.15) is 0 Å². The first-order chi connectivity index (χ1) is 5.24. The molecule has 2 fully saturated rings. The van der Waals surface area contributed by atoms with Crippen LogP contribution >= 0.6 is 11.8 Å². The second kappa shape index (κ2) is 2.67. The van der Waals surface area contributed by atoms with Crippen LogP contribution in [0.4, 0.5) is 0 Å². The second-order valence-corrected chi connectivity index (χ2v) is 5.12. The van der Waals surface area contributed by atoms with Crippen molar-refractivity contribution in [2.45, 2.75) is 31.1 Å². The molecule has 0 aliphatic heterocycles. The Bertz CT molecular complexity index is 152. The highest BCUT2D eigenvalue weighted by atomic mass is 32.2. The Labute approximate surface area is 72.6 Å². The molecular formula is C9H16OS. The molecule has 0 aromatic rings. The summed E-state index contributed by atoms with van der Waals surface area (Å²) in [4.78, 5) is 0. The van der Waals surface area contributed by atoms with Crippen LogP contribution in [-0.4, -0.2) is 22.7 Å². The molecule has 64 valence electrons. The maximum atomic E-state index is 9.78. The molecule has 1 nitrogen and oxygen atoms in total. The van der Waals surface area contributed by atoms with E-state index in [9.17, 15) is 5.11 Å². The van der Waals surface area contributed by atoms with Crippen LogP contribution in [-0.2, 0) is 0 Å². The highest BCUT2D eigenvalue weighted by molar-refractivity contribution is 7.99. The molecule has 0 unspecified atom stereocenters. The van der Waals surface area contributed by atoms with Crippen molar-refractivity contribution in [3.05, 3.63) is 0 Å². The van der Waals surface area contributed by atoms with Crippen LogP contribution in [0.25, 0.3) is 0 Å². The Hall–Kier alpha value is 0.310. The van der Waals surface area contributed by atoms with Gasteiger partial charge in [-0.3, -0.25) is 0 Å². The van der Waals surface area contributed by atoms with Gasteiger partial charge in [0.25, 0.3) is 0 Å². The molecule has 1 N–H and O–H groups in total. The molecule has 5 atom stereocenters. The fourth-order valence-electron chi connectivity index (χ4n) is 2.72. The fraction of sp³-hybridized carbons (Fsp3) is 1.00. The lowest BCUT2D eigenvalue weighted by atomic mass is 9.67. The minimum Gasteiger partial charge on any atom is -0.392 e. The van der Waals surface area contributed by atoms with Crippen molar-refractivity contribution >= 4 is 11.8 Å². The summed E-state index contributed by atoms with van der Waals surface area (Å²) in [5, 5.41) is 10.3. The maximum absolute atomic E-state index is 9.78. The molecule has 0 saturated heterocycles. The summed E-state index contributed by atoms with van der Waals surface area (Å²) in [6.45, 7) is 2.32. The predicted molar refractivity (Wildman–Crippen MR) is 48.7 cm³/mol. The van der Waals surface area contributed by atoms with Gasteiger partial charge in [0.05, 0.1) is 6.10 Å². The third-order valence-corrected chi connectivity index (χ3v) is 4.63. The number of aliphatic hydroxyl groups excluding tert-OH is 1. The number of hydrogen-bond donors (Lipinski definition) is 1. The third kappa shape index (κ3) is 1.03. The van der Waals surface area contributed by atoms with E-state index in [4.69, 9.17) is 0 Å². The quantitative estimate of drug-likeness (QED) is 0.650. The Morgan fingerprint density at radius 1 is 1.27 bits per heavy atom. The van der Waals surface area contributed by atoms with E-state index in [1.807, 2.05) is 11.8 Å². The van der Waals surface area contributed by atoms with Crippen LogP contribution in [0.1, 0.15) is 19.8 Å². The molecule has 0 heterocycles. The summed E-state index contributed by atoms with van der Waals surface area (Å²) >= 11 is 1.84. The number of rotatable bonds is 1. The van der Waals surface area contributed by atoms with Crippen molar-refractivity contribution in [1.29, 1.82) is 0 Å². The SMILES string of the molecule is CS[C@@H]1C[C@H]2[C@H](C[C@H]2C)[C@H]1O. The Morgan fingerprint density at radius 2 is 2.00 bits per heavy atom. The minimum absolute atomic E-state index is 0.00574. The Balaban J connectivity index is 2.02. The average Bonchev–Trinajstić information content (AvgIpc) is 2.24. The van der Waals surface area contributed by atoms with E-state index in [0.29, 0.717) is 11.2 Å².